The van der Waals surface area contributed by atoms with E-state index in [9.17, 15) is 4.79 Å². The van der Waals surface area contributed by atoms with Crippen LogP contribution in [0.4, 0.5) is 0 Å². The Hall–Kier alpha value is -3.42. The van der Waals surface area contributed by atoms with E-state index in [1.54, 1.807) is 20.3 Å². The third-order valence-corrected chi connectivity index (χ3v) is 7.82. The Morgan fingerprint density at radius 3 is 1.97 bits per heavy atom. The first kappa shape index (κ1) is 27.2. The second-order valence-electron chi connectivity index (χ2n) is 9.91. The van der Waals surface area contributed by atoms with Gasteiger partial charge in [0.2, 0.25) is 0 Å². The molecule has 1 saturated heterocycles. The van der Waals surface area contributed by atoms with Crippen molar-refractivity contribution in [1.29, 1.82) is 0 Å². The number of fused-ring (bicyclic) bond motifs is 1. The first-order valence-electron chi connectivity index (χ1n) is 13.4. The normalized spacial score (nSPS) is 15.3. The van der Waals surface area contributed by atoms with E-state index in [1.165, 1.54) is 12.8 Å². The summed E-state index contributed by atoms with van der Waals surface area (Å²) in [5.74, 6) is 2.46. The summed E-state index contributed by atoms with van der Waals surface area (Å²) >= 11 is 6.94. The maximum Gasteiger partial charge on any atom is 0.254 e. The summed E-state index contributed by atoms with van der Waals surface area (Å²) in [7, 11) is 3.28. The van der Waals surface area contributed by atoms with Crippen LogP contribution in [0.25, 0.3) is 0 Å². The quantitative estimate of drug-likeness (QED) is 0.309. The Morgan fingerprint density at radius 1 is 0.795 bits per heavy atom. The molecule has 2 aliphatic heterocycles. The lowest BCUT2D eigenvalue weighted by Gasteiger charge is -2.31. The second kappa shape index (κ2) is 12.6. The largest absolute Gasteiger partial charge is 0.497 e. The first-order valence-corrected chi connectivity index (χ1v) is 13.8. The molecule has 0 unspecified atom stereocenters. The zero-order valence-corrected chi connectivity index (χ0v) is 23.3. The van der Waals surface area contributed by atoms with E-state index in [4.69, 9.17) is 30.5 Å². The van der Waals surface area contributed by atoms with Gasteiger partial charge in [0.15, 0.2) is 11.5 Å². The Morgan fingerprint density at radius 2 is 1.38 bits per heavy atom. The third-order valence-electron chi connectivity index (χ3n) is 7.42. The number of amides is 1. The highest BCUT2D eigenvalue weighted by Crippen LogP contribution is 2.42. The number of carbonyl (C=O) groups is 1. The molecule has 0 spiro atoms. The lowest BCUT2D eigenvalue weighted by molar-refractivity contribution is 0.0723. The average molecular weight is 551 g/mol. The SMILES string of the molecule is COc1ccc(COc2cc3c(c(Cl)c2OCc2ccc(OC)cc2)CCN(CCN2CCCC2)C3=O)cc1. The fourth-order valence-electron chi connectivity index (χ4n) is 5.08. The van der Waals surface area contributed by atoms with Gasteiger partial charge in [-0.2, -0.15) is 0 Å². The molecule has 0 aliphatic carbocycles. The lowest BCUT2D eigenvalue weighted by atomic mass is 9.97. The number of hydrogen-bond donors (Lipinski definition) is 0. The van der Waals surface area contributed by atoms with E-state index in [0.29, 0.717) is 54.8 Å². The molecule has 0 radical (unpaired) electrons. The molecular formula is C31H35ClN2O5. The van der Waals surface area contributed by atoms with Crippen molar-refractivity contribution in [2.24, 2.45) is 0 Å². The van der Waals surface area contributed by atoms with E-state index in [0.717, 1.165) is 47.8 Å². The minimum atomic E-state index is -0.00616. The van der Waals surface area contributed by atoms with Crippen LogP contribution in [-0.2, 0) is 19.6 Å². The summed E-state index contributed by atoms with van der Waals surface area (Å²) in [6.45, 7) is 5.09. The fraction of sp³-hybridized carbons (Fsp3) is 0.387. The molecule has 8 heteroatoms. The maximum atomic E-state index is 13.5. The molecule has 2 aliphatic rings. The summed E-state index contributed by atoms with van der Waals surface area (Å²) < 4.78 is 23.0. The molecule has 0 bridgehead atoms. The van der Waals surface area contributed by atoms with Crippen molar-refractivity contribution < 1.29 is 23.7 Å². The summed E-state index contributed by atoms with van der Waals surface area (Å²) in [5, 5.41) is 0.443. The molecule has 3 aromatic rings. The molecule has 0 N–H and O–H groups in total. The molecule has 1 fully saturated rings. The molecular weight excluding hydrogens is 516 g/mol. The fourth-order valence-corrected chi connectivity index (χ4v) is 5.43. The van der Waals surface area contributed by atoms with Crippen LogP contribution < -0.4 is 18.9 Å². The van der Waals surface area contributed by atoms with Crippen LogP contribution >= 0.6 is 11.6 Å². The van der Waals surface area contributed by atoms with Crippen LogP contribution in [-0.4, -0.2) is 62.7 Å². The van der Waals surface area contributed by atoms with Crippen LogP contribution in [0.3, 0.4) is 0 Å². The minimum Gasteiger partial charge on any atom is -0.497 e. The number of nitrogens with zero attached hydrogens (tertiary/aromatic N) is 2. The highest BCUT2D eigenvalue weighted by Gasteiger charge is 2.30. The van der Waals surface area contributed by atoms with Crippen molar-refractivity contribution in [3.8, 4) is 23.0 Å². The minimum absolute atomic E-state index is 0.00616. The van der Waals surface area contributed by atoms with Gasteiger partial charge in [0.1, 0.15) is 24.7 Å². The van der Waals surface area contributed by atoms with E-state index in [1.807, 2.05) is 53.4 Å². The van der Waals surface area contributed by atoms with Gasteiger partial charge in [-0.25, -0.2) is 0 Å². The first-order chi connectivity index (χ1) is 19.1. The number of rotatable bonds is 11. The van der Waals surface area contributed by atoms with E-state index in [2.05, 4.69) is 4.90 Å². The van der Waals surface area contributed by atoms with Crippen molar-refractivity contribution >= 4 is 17.5 Å². The highest BCUT2D eigenvalue weighted by molar-refractivity contribution is 6.33. The molecule has 3 aromatic carbocycles. The Kier molecular flexibility index (Phi) is 8.79. The van der Waals surface area contributed by atoms with E-state index < -0.39 is 0 Å². The average Bonchev–Trinajstić information content (AvgIpc) is 3.50. The number of halogens is 1. The molecule has 0 aromatic heterocycles. The lowest BCUT2D eigenvalue weighted by Crippen LogP contribution is -2.42. The number of hydrogen-bond acceptors (Lipinski definition) is 6. The van der Waals surface area contributed by atoms with Crippen molar-refractivity contribution in [1.82, 2.24) is 9.80 Å². The van der Waals surface area contributed by atoms with Gasteiger partial charge in [0.05, 0.1) is 19.2 Å². The number of likely N-dealkylation sites (tertiary alicyclic amines) is 1. The summed E-state index contributed by atoms with van der Waals surface area (Å²) in [6.07, 6.45) is 3.15. The van der Waals surface area contributed by atoms with Gasteiger partial charge < -0.3 is 28.7 Å². The van der Waals surface area contributed by atoms with Crippen LogP contribution in [0.1, 0.15) is 39.9 Å². The second-order valence-corrected chi connectivity index (χ2v) is 10.3. The van der Waals surface area contributed by atoms with Crippen molar-refractivity contribution in [2.75, 3.05) is 46.9 Å². The Labute approximate surface area is 235 Å². The summed E-state index contributed by atoms with van der Waals surface area (Å²) in [4.78, 5) is 17.9. The van der Waals surface area contributed by atoms with Gasteiger partial charge in [-0.3, -0.25) is 4.79 Å². The maximum absolute atomic E-state index is 13.5. The molecule has 0 atom stereocenters. The van der Waals surface area contributed by atoms with E-state index in [-0.39, 0.29) is 5.91 Å². The van der Waals surface area contributed by atoms with Gasteiger partial charge in [-0.05, 0) is 79.4 Å². The van der Waals surface area contributed by atoms with Crippen LogP contribution in [0, 0.1) is 0 Å². The number of ether oxygens (including phenoxy) is 4. The number of benzene rings is 3. The predicted molar refractivity (Wildman–Crippen MR) is 151 cm³/mol. The van der Waals surface area contributed by atoms with Crippen molar-refractivity contribution in [3.05, 3.63) is 81.9 Å². The molecule has 206 valence electrons. The summed E-state index contributed by atoms with van der Waals surface area (Å²) in [5.41, 5.74) is 3.34. The predicted octanol–water partition coefficient (Wildman–Crippen LogP) is 5.61. The summed E-state index contributed by atoms with van der Waals surface area (Å²) in [6, 6.07) is 17.2. The third kappa shape index (κ3) is 6.43. The molecule has 1 amide bonds. The van der Waals surface area contributed by atoms with Crippen LogP contribution in [0.5, 0.6) is 23.0 Å². The zero-order chi connectivity index (χ0) is 27.2. The molecule has 0 saturated carbocycles. The van der Waals surface area contributed by atoms with Gasteiger partial charge in [0, 0.05) is 25.2 Å². The topological polar surface area (TPSA) is 60.5 Å². The molecule has 2 heterocycles. The molecule has 39 heavy (non-hydrogen) atoms. The monoisotopic (exact) mass is 550 g/mol. The zero-order valence-electron chi connectivity index (χ0n) is 22.6. The van der Waals surface area contributed by atoms with Gasteiger partial charge >= 0.3 is 0 Å². The van der Waals surface area contributed by atoms with Gasteiger partial charge in [-0.15, -0.1) is 0 Å². The Balaban J connectivity index is 1.38. The van der Waals surface area contributed by atoms with Crippen molar-refractivity contribution in [3.63, 3.8) is 0 Å². The van der Waals surface area contributed by atoms with Crippen molar-refractivity contribution in [2.45, 2.75) is 32.5 Å². The number of carbonyl (C=O) groups excluding carboxylic acids is 1. The number of methoxy groups -OCH3 is 2. The van der Waals surface area contributed by atoms with Crippen LogP contribution in [0.15, 0.2) is 54.6 Å². The smallest absolute Gasteiger partial charge is 0.254 e. The molecule has 5 rings (SSSR count). The van der Waals surface area contributed by atoms with Gasteiger partial charge in [-0.1, -0.05) is 35.9 Å². The highest BCUT2D eigenvalue weighted by atomic mass is 35.5. The van der Waals surface area contributed by atoms with Gasteiger partial charge in [0.25, 0.3) is 5.91 Å². The molecule has 7 nitrogen and oxygen atoms in total. The Bertz CT molecular complexity index is 1270. The van der Waals surface area contributed by atoms with Crippen LogP contribution in [0.2, 0.25) is 5.02 Å². The standard InChI is InChI=1S/C31H35ClN2O5/c1-36-24-9-5-22(6-10-24)20-38-28-19-27-26(13-16-34(31(27)35)18-17-33-14-3-4-15-33)29(32)30(28)39-21-23-7-11-25(37-2)12-8-23/h5-12,19H,3-4,13-18,20-21H2,1-2H3. The van der Waals surface area contributed by atoms with E-state index >= 15 is 0 Å².